The normalized spacial score (nSPS) is 14.5. The zero-order valence-corrected chi connectivity index (χ0v) is 10.7. The lowest BCUT2D eigenvalue weighted by Crippen LogP contribution is -2.37. The van der Waals surface area contributed by atoms with Crippen LogP contribution in [0, 0.1) is 0 Å². The topological polar surface area (TPSA) is 44.5 Å². The van der Waals surface area contributed by atoms with Crippen molar-refractivity contribution in [3.63, 3.8) is 0 Å². The van der Waals surface area contributed by atoms with Gasteiger partial charge in [0.2, 0.25) is 0 Å². The molecule has 0 atom stereocenters. The summed E-state index contributed by atoms with van der Waals surface area (Å²) in [5, 5.41) is 0. The zero-order chi connectivity index (χ0) is 12.3. The molecule has 1 aromatic rings. The van der Waals surface area contributed by atoms with Crippen LogP contribution < -0.4 is 10.5 Å². The summed E-state index contributed by atoms with van der Waals surface area (Å²) in [4.78, 5) is 0. The van der Waals surface area contributed by atoms with Crippen molar-refractivity contribution in [2.75, 3.05) is 19.8 Å². The third kappa shape index (κ3) is 3.72. The molecule has 0 spiro atoms. The van der Waals surface area contributed by atoms with Crippen molar-refractivity contribution < 1.29 is 9.47 Å². The van der Waals surface area contributed by atoms with Crippen LogP contribution in [0.5, 0.6) is 5.75 Å². The van der Waals surface area contributed by atoms with Gasteiger partial charge in [-0.1, -0.05) is 12.1 Å². The minimum atomic E-state index is -0.244. The van der Waals surface area contributed by atoms with Crippen molar-refractivity contribution >= 4 is 0 Å². The van der Waals surface area contributed by atoms with Crippen molar-refractivity contribution in [3.05, 3.63) is 29.3 Å². The third-order valence-corrected chi connectivity index (χ3v) is 2.76. The molecule has 17 heavy (non-hydrogen) atoms. The predicted octanol–water partition coefficient (Wildman–Crippen LogP) is 1.92. The number of ether oxygens (including phenoxy) is 2. The monoisotopic (exact) mass is 235 g/mol. The van der Waals surface area contributed by atoms with Crippen molar-refractivity contribution in [2.45, 2.75) is 32.2 Å². The summed E-state index contributed by atoms with van der Waals surface area (Å²) in [5.74, 6) is 1.04. The molecule has 3 heteroatoms. The Balaban J connectivity index is 1.80. The fourth-order valence-corrected chi connectivity index (χ4v) is 1.92. The molecule has 0 amide bonds. The first-order valence-corrected chi connectivity index (χ1v) is 6.16. The van der Waals surface area contributed by atoms with Crippen LogP contribution in [0.1, 0.15) is 25.0 Å². The van der Waals surface area contributed by atoms with Gasteiger partial charge in [0.15, 0.2) is 0 Å². The maximum Gasteiger partial charge on any atom is 0.122 e. The van der Waals surface area contributed by atoms with Crippen LogP contribution in [0.15, 0.2) is 18.2 Å². The average molecular weight is 235 g/mol. The molecule has 2 rings (SSSR count). The Labute approximate surface area is 103 Å². The second-order valence-corrected chi connectivity index (χ2v) is 5.33. The van der Waals surface area contributed by atoms with Gasteiger partial charge >= 0.3 is 0 Å². The van der Waals surface area contributed by atoms with Gasteiger partial charge in [-0.3, -0.25) is 0 Å². The molecular weight excluding hydrogens is 214 g/mol. The first kappa shape index (κ1) is 12.4. The summed E-state index contributed by atoms with van der Waals surface area (Å²) in [5.41, 5.74) is 8.23. The first-order chi connectivity index (χ1) is 8.04. The van der Waals surface area contributed by atoms with Crippen LogP contribution in [0.2, 0.25) is 0 Å². The number of hydrogen-bond donors (Lipinski definition) is 1. The molecule has 0 radical (unpaired) electrons. The van der Waals surface area contributed by atoms with E-state index in [0.29, 0.717) is 6.61 Å². The molecule has 0 saturated heterocycles. The van der Waals surface area contributed by atoms with Crippen LogP contribution in [0.3, 0.4) is 0 Å². The fraction of sp³-hybridized carbons (Fsp3) is 0.571. The van der Waals surface area contributed by atoms with Gasteiger partial charge in [0.05, 0.1) is 19.8 Å². The average Bonchev–Trinajstić information content (AvgIpc) is 2.70. The standard InChI is InChI=1S/C14H21NO2/c1-14(2,15)10-16-7-5-11-3-4-13-12(9-11)6-8-17-13/h3-4,9H,5-8,10,15H2,1-2H3. The quantitative estimate of drug-likeness (QED) is 0.793. The van der Waals surface area contributed by atoms with Crippen molar-refractivity contribution in [3.8, 4) is 5.75 Å². The lowest BCUT2D eigenvalue weighted by atomic mass is 10.1. The van der Waals surface area contributed by atoms with E-state index in [-0.39, 0.29) is 5.54 Å². The molecule has 0 unspecified atom stereocenters. The molecule has 0 saturated carbocycles. The second kappa shape index (κ2) is 5.07. The van der Waals surface area contributed by atoms with E-state index >= 15 is 0 Å². The Kier molecular flexibility index (Phi) is 3.69. The summed E-state index contributed by atoms with van der Waals surface area (Å²) in [7, 11) is 0. The Morgan fingerprint density at radius 3 is 3.00 bits per heavy atom. The molecule has 2 N–H and O–H groups in total. The van der Waals surface area contributed by atoms with Gasteiger partial charge in [-0.05, 0) is 37.5 Å². The Bertz CT molecular complexity index is 382. The number of fused-ring (bicyclic) bond motifs is 1. The fourth-order valence-electron chi connectivity index (χ4n) is 1.92. The van der Waals surface area contributed by atoms with Crippen LogP contribution >= 0.6 is 0 Å². The molecule has 0 aromatic heterocycles. The highest BCUT2D eigenvalue weighted by Crippen LogP contribution is 2.25. The zero-order valence-electron chi connectivity index (χ0n) is 10.7. The van der Waals surface area contributed by atoms with E-state index in [4.69, 9.17) is 15.2 Å². The largest absolute Gasteiger partial charge is 0.493 e. The lowest BCUT2D eigenvalue weighted by Gasteiger charge is -2.18. The predicted molar refractivity (Wildman–Crippen MR) is 68.4 cm³/mol. The minimum Gasteiger partial charge on any atom is -0.493 e. The molecule has 0 aliphatic carbocycles. The van der Waals surface area contributed by atoms with Crippen LogP contribution in [-0.2, 0) is 17.6 Å². The van der Waals surface area contributed by atoms with E-state index in [1.54, 1.807) is 0 Å². The van der Waals surface area contributed by atoms with E-state index < -0.39 is 0 Å². The van der Waals surface area contributed by atoms with Crippen molar-refractivity contribution in [1.82, 2.24) is 0 Å². The number of nitrogens with two attached hydrogens (primary N) is 1. The van der Waals surface area contributed by atoms with E-state index in [1.807, 2.05) is 13.8 Å². The van der Waals surface area contributed by atoms with Gasteiger partial charge < -0.3 is 15.2 Å². The molecule has 3 nitrogen and oxygen atoms in total. The molecular formula is C14H21NO2. The van der Waals surface area contributed by atoms with E-state index in [2.05, 4.69) is 18.2 Å². The van der Waals surface area contributed by atoms with E-state index in [1.165, 1.54) is 11.1 Å². The molecule has 0 fully saturated rings. The van der Waals surface area contributed by atoms with Crippen molar-refractivity contribution in [1.29, 1.82) is 0 Å². The van der Waals surface area contributed by atoms with Gasteiger partial charge in [0.1, 0.15) is 5.75 Å². The Morgan fingerprint density at radius 2 is 2.24 bits per heavy atom. The molecule has 94 valence electrons. The van der Waals surface area contributed by atoms with Gasteiger partial charge in [0.25, 0.3) is 0 Å². The smallest absolute Gasteiger partial charge is 0.122 e. The highest BCUT2D eigenvalue weighted by molar-refractivity contribution is 5.39. The summed E-state index contributed by atoms with van der Waals surface area (Å²) in [6.45, 7) is 6.08. The second-order valence-electron chi connectivity index (χ2n) is 5.33. The molecule has 1 aliphatic heterocycles. The summed E-state index contributed by atoms with van der Waals surface area (Å²) < 4.78 is 11.0. The summed E-state index contributed by atoms with van der Waals surface area (Å²) >= 11 is 0. The summed E-state index contributed by atoms with van der Waals surface area (Å²) in [6, 6.07) is 6.39. The number of hydrogen-bond acceptors (Lipinski definition) is 3. The SMILES string of the molecule is CC(C)(N)COCCc1ccc2c(c1)CCO2. The molecule has 1 aromatic carbocycles. The van der Waals surface area contributed by atoms with Crippen molar-refractivity contribution in [2.24, 2.45) is 5.73 Å². The Morgan fingerprint density at radius 1 is 1.41 bits per heavy atom. The van der Waals surface area contributed by atoms with Gasteiger partial charge in [-0.2, -0.15) is 0 Å². The molecule has 1 heterocycles. The lowest BCUT2D eigenvalue weighted by molar-refractivity contribution is 0.0997. The van der Waals surface area contributed by atoms with Gasteiger partial charge in [-0.15, -0.1) is 0 Å². The van der Waals surface area contributed by atoms with Gasteiger partial charge in [-0.25, -0.2) is 0 Å². The maximum absolute atomic E-state index is 5.85. The molecule has 0 bridgehead atoms. The van der Waals surface area contributed by atoms with Crippen LogP contribution in [0.25, 0.3) is 0 Å². The van der Waals surface area contributed by atoms with Crippen LogP contribution in [-0.4, -0.2) is 25.4 Å². The number of benzene rings is 1. The maximum atomic E-state index is 5.85. The molecule has 1 aliphatic rings. The number of rotatable bonds is 5. The first-order valence-electron chi connectivity index (χ1n) is 6.16. The third-order valence-electron chi connectivity index (χ3n) is 2.76. The minimum absolute atomic E-state index is 0.244. The highest BCUT2D eigenvalue weighted by Gasteiger charge is 2.12. The summed E-state index contributed by atoms with van der Waals surface area (Å²) in [6.07, 6.45) is 1.96. The van der Waals surface area contributed by atoms with E-state index in [0.717, 1.165) is 31.8 Å². The van der Waals surface area contributed by atoms with Gasteiger partial charge in [0, 0.05) is 12.0 Å². The Hall–Kier alpha value is -1.06. The van der Waals surface area contributed by atoms with Crippen LogP contribution in [0.4, 0.5) is 0 Å². The highest BCUT2D eigenvalue weighted by atomic mass is 16.5. The van der Waals surface area contributed by atoms with E-state index in [9.17, 15) is 0 Å².